The molecule has 0 spiro atoms. The third-order valence-corrected chi connectivity index (χ3v) is 5.06. The Morgan fingerprint density at radius 3 is 1.05 bits per heavy atom. The number of unbranched alkanes of at least 4 members (excludes halogenated alkanes) is 12. The summed E-state index contributed by atoms with van der Waals surface area (Å²) in [6, 6.07) is 0. The van der Waals surface area contributed by atoms with Gasteiger partial charge in [0.15, 0.2) is 0 Å². The Hall–Kier alpha value is -1.63. The van der Waals surface area contributed by atoms with Gasteiger partial charge >= 0.3 is 46.1 Å². The molecular formula is C28H40Mg2O8. The standard InChI is InChI=1S/2C14H22O4.2Mg/c2*1-2-3-4-5-6-7-8-9-10-12(14(17)18)11-13(15)16;;/h2*9-11H,2-8H2,1H3,(H,15,16)(H,17,18);;/q;;2*+2/p-4/b2*10-9+,12-11-;;. The third kappa shape index (κ3) is 32.4. The fraction of sp³-hybridized carbons (Fsp3) is 0.571. The first-order chi connectivity index (χ1) is 17.1. The molecule has 0 fully saturated rings. The molecule has 0 aliphatic carbocycles. The van der Waals surface area contributed by atoms with E-state index in [1.807, 2.05) is 0 Å². The summed E-state index contributed by atoms with van der Waals surface area (Å²) in [6.07, 6.45) is 22.3. The first-order valence-corrected chi connectivity index (χ1v) is 12.8. The summed E-state index contributed by atoms with van der Waals surface area (Å²) in [7, 11) is 0. The molecule has 0 atom stereocenters. The summed E-state index contributed by atoms with van der Waals surface area (Å²) in [6.45, 7) is 4.32. The van der Waals surface area contributed by atoms with Crippen LogP contribution in [0.25, 0.3) is 0 Å². The van der Waals surface area contributed by atoms with Crippen LogP contribution in [0.15, 0.2) is 47.6 Å². The fourth-order valence-corrected chi connectivity index (χ4v) is 3.11. The molecule has 0 unspecified atom stereocenters. The molecule has 0 amide bonds. The van der Waals surface area contributed by atoms with E-state index in [1.54, 1.807) is 12.2 Å². The number of hydrogen-bond acceptors (Lipinski definition) is 8. The molecule has 0 aromatic rings. The Balaban J connectivity index is -0.000000289. The molecule has 0 saturated carbocycles. The van der Waals surface area contributed by atoms with Gasteiger partial charge in [0, 0.05) is 0 Å². The number of aliphatic carboxylic acids is 4. The van der Waals surface area contributed by atoms with Gasteiger partial charge in [0.1, 0.15) is 0 Å². The summed E-state index contributed by atoms with van der Waals surface area (Å²) in [5, 5.41) is 41.6. The van der Waals surface area contributed by atoms with Crippen molar-refractivity contribution in [2.24, 2.45) is 0 Å². The Morgan fingerprint density at radius 2 is 0.789 bits per heavy atom. The molecule has 0 aromatic heterocycles. The monoisotopic (exact) mass is 552 g/mol. The maximum atomic E-state index is 10.6. The van der Waals surface area contributed by atoms with E-state index in [0.717, 1.165) is 38.5 Å². The smallest absolute Gasteiger partial charge is 0.545 e. The molecule has 0 rings (SSSR count). The molecule has 0 saturated heterocycles. The number of carbonyl (C=O) groups excluding carboxylic acids is 4. The zero-order chi connectivity index (χ0) is 27.6. The average Bonchev–Trinajstić information content (AvgIpc) is 2.80. The van der Waals surface area contributed by atoms with Gasteiger partial charge in [0.25, 0.3) is 0 Å². The summed E-state index contributed by atoms with van der Waals surface area (Å²) in [4.78, 5) is 41.6. The van der Waals surface area contributed by atoms with Crippen LogP contribution in [0.5, 0.6) is 0 Å². The molecule has 0 aliphatic rings. The third-order valence-electron chi connectivity index (χ3n) is 5.06. The van der Waals surface area contributed by atoms with Gasteiger partial charge in [-0.3, -0.25) is 0 Å². The van der Waals surface area contributed by atoms with E-state index in [2.05, 4.69) is 13.8 Å². The van der Waals surface area contributed by atoms with Gasteiger partial charge in [-0.1, -0.05) is 102 Å². The van der Waals surface area contributed by atoms with E-state index in [4.69, 9.17) is 0 Å². The SMILES string of the molecule is CCCCCCCC/C=C/C(=C/C(=O)[O-])C(=O)[O-].CCCCCCCC/C=C/C(=C/C(=O)[O-])C(=O)[O-].[Mg+2].[Mg+2]. The van der Waals surface area contributed by atoms with Crippen LogP contribution >= 0.6 is 0 Å². The largest absolute Gasteiger partial charge is 2.00 e. The van der Waals surface area contributed by atoms with Crippen LogP contribution in [0.1, 0.15) is 104 Å². The van der Waals surface area contributed by atoms with Crippen molar-refractivity contribution in [3.8, 4) is 0 Å². The summed E-state index contributed by atoms with van der Waals surface area (Å²) in [5.41, 5.74) is -0.720. The molecule has 0 aromatic carbocycles. The minimum Gasteiger partial charge on any atom is -0.545 e. The first-order valence-electron chi connectivity index (χ1n) is 12.8. The molecule has 8 nitrogen and oxygen atoms in total. The van der Waals surface area contributed by atoms with E-state index in [1.165, 1.54) is 63.5 Å². The van der Waals surface area contributed by atoms with E-state index >= 15 is 0 Å². The van der Waals surface area contributed by atoms with E-state index in [-0.39, 0.29) is 57.3 Å². The quantitative estimate of drug-likeness (QED) is 0.0921. The topological polar surface area (TPSA) is 161 Å². The maximum absolute atomic E-state index is 10.6. The Bertz CT molecular complexity index is 707. The van der Waals surface area contributed by atoms with Crippen molar-refractivity contribution in [1.82, 2.24) is 0 Å². The van der Waals surface area contributed by atoms with Gasteiger partial charge in [-0.2, -0.15) is 0 Å². The van der Waals surface area contributed by atoms with Crippen molar-refractivity contribution in [2.45, 2.75) is 104 Å². The van der Waals surface area contributed by atoms with Gasteiger partial charge in [0.2, 0.25) is 0 Å². The van der Waals surface area contributed by atoms with Crippen molar-refractivity contribution in [3.63, 3.8) is 0 Å². The number of allylic oxidation sites excluding steroid dienone is 2. The fourth-order valence-electron chi connectivity index (χ4n) is 3.11. The maximum Gasteiger partial charge on any atom is 2.00 e. The van der Waals surface area contributed by atoms with Crippen molar-refractivity contribution in [1.29, 1.82) is 0 Å². The second-order valence-corrected chi connectivity index (χ2v) is 8.33. The van der Waals surface area contributed by atoms with Crippen molar-refractivity contribution >= 4 is 70.0 Å². The van der Waals surface area contributed by atoms with E-state index in [0.29, 0.717) is 12.2 Å². The minimum atomic E-state index is -1.53. The van der Waals surface area contributed by atoms with Gasteiger partial charge in [-0.25, -0.2) is 0 Å². The number of carboxylic acid groups (broad SMARTS) is 4. The summed E-state index contributed by atoms with van der Waals surface area (Å²) < 4.78 is 0. The number of carbonyl (C=O) groups is 4. The molecule has 0 N–H and O–H groups in total. The van der Waals surface area contributed by atoms with E-state index in [9.17, 15) is 39.6 Å². The van der Waals surface area contributed by atoms with Crippen LogP contribution < -0.4 is 20.4 Å². The van der Waals surface area contributed by atoms with E-state index < -0.39 is 23.9 Å². The number of rotatable bonds is 20. The van der Waals surface area contributed by atoms with Crippen LogP contribution in [-0.2, 0) is 19.2 Å². The first kappa shape index (κ1) is 43.4. The molecule has 0 aliphatic heterocycles. The average molecular weight is 553 g/mol. The van der Waals surface area contributed by atoms with Crippen LogP contribution in [0, 0.1) is 0 Å². The Labute approximate surface area is 259 Å². The molecule has 0 heterocycles. The normalized spacial score (nSPS) is 11.3. The summed E-state index contributed by atoms with van der Waals surface area (Å²) >= 11 is 0. The Kier molecular flexibility index (Phi) is 36.1. The van der Waals surface area contributed by atoms with Gasteiger partial charge < -0.3 is 39.6 Å². The number of carboxylic acids is 4. The van der Waals surface area contributed by atoms with Crippen molar-refractivity contribution in [2.75, 3.05) is 0 Å². The van der Waals surface area contributed by atoms with Crippen molar-refractivity contribution in [3.05, 3.63) is 47.6 Å². The second-order valence-electron chi connectivity index (χ2n) is 8.33. The molecule has 38 heavy (non-hydrogen) atoms. The zero-order valence-corrected chi connectivity index (χ0v) is 25.9. The van der Waals surface area contributed by atoms with Crippen LogP contribution in [0.2, 0.25) is 0 Å². The second kappa shape index (κ2) is 31.6. The molecule has 0 radical (unpaired) electrons. The molecular weight excluding hydrogens is 513 g/mol. The molecule has 10 heteroatoms. The van der Waals surface area contributed by atoms with Gasteiger partial charge in [-0.15, -0.1) is 0 Å². The molecule has 0 bridgehead atoms. The van der Waals surface area contributed by atoms with Crippen LogP contribution in [-0.4, -0.2) is 70.0 Å². The van der Waals surface area contributed by atoms with Gasteiger partial charge in [0.05, 0.1) is 23.9 Å². The predicted molar refractivity (Wildman–Crippen MR) is 142 cm³/mol. The molecule has 204 valence electrons. The van der Waals surface area contributed by atoms with Crippen molar-refractivity contribution < 1.29 is 39.6 Å². The van der Waals surface area contributed by atoms with Gasteiger partial charge in [-0.05, 0) is 49.0 Å². The zero-order valence-electron chi connectivity index (χ0n) is 23.0. The predicted octanol–water partition coefficient (Wildman–Crippen LogP) is 0.677. The Morgan fingerprint density at radius 1 is 0.500 bits per heavy atom. The minimum absolute atomic E-state index is 0. The van der Waals surface area contributed by atoms with Crippen LogP contribution in [0.4, 0.5) is 0 Å². The van der Waals surface area contributed by atoms with Crippen LogP contribution in [0.3, 0.4) is 0 Å². The summed E-state index contributed by atoms with van der Waals surface area (Å²) in [5.74, 6) is -6.06. The number of hydrogen-bond donors (Lipinski definition) is 0.